The van der Waals surface area contributed by atoms with Gasteiger partial charge in [0.05, 0.1) is 10.6 Å². The minimum absolute atomic E-state index is 0.0341. The van der Waals surface area contributed by atoms with E-state index in [1.165, 1.54) is 0 Å². The Labute approximate surface area is 126 Å². The number of carbonyl (C=O) groups is 1. The summed E-state index contributed by atoms with van der Waals surface area (Å²) in [6.45, 7) is 0. The zero-order valence-electron chi connectivity index (χ0n) is 9.86. The quantitative estimate of drug-likeness (QED) is 0.632. The van der Waals surface area contributed by atoms with Gasteiger partial charge in [0.15, 0.2) is 0 Å². The fourth-order valence-corrected chi connectivity index (χ4v) is 3.28. The maximum absolute atomic E-state index is 12.2. The molecule has 0 bridgehead atoms. The van der Waals surface area contributed by atoms with Crippen molar-refractivity contribution in [1.29, 1.82) is 0 Å². The highest BCUT2D eigenvalue weighted by Gasteiger charge is 2.30. The summed E-state index contributed by atoms with van der Waals surface area (Å²) in [5.41, 5.74) is 6.43. The molecule has 0 heterocycles. The third-order valence-electron chi connectivity index (χ3n) is 3.32. The van der Waals surface area contributed by atoms with Crippen molar-refractivity contribution in [3.63, 3.8) is 0 Å². The summed E-state index contributed by atoms with van der Waals surface area (Å²) in [7, 11) is 0. The van der Waals surface area contributed by atoms with Gasteiger partial charge >= 0.3 is 0 Å². The maximum atomic E-state index is 12.2. The SMILES string of the molecule is NC(=S)C1CCCC1NC(=O)c1ccccc1I. The summed E-state index contributed by atoms with van der Waals surface area (Å²) in [6.07, 6.45) is 3.00. The minimum atomic E-state index is -0.0341. The second-order valence-corrected chi connectivity index (χ2v) is 6.13. The van der Waals surface area contributed by atoms with E-state index in [4.69, 9.17) is 18.0 Å². The monoisotopic (exact) mass is 374 g/mol. The topological polar surface area (TPSA) is 55.1 Å². The average Bonchev–Trinajstić information content (AvgIpc) is 2.77. The third kappa shape index (κ3) is 3.00. The molecule has 0 aliphatic heterocycles. The molecule has 3 nitrogen and oxygen atoms in total. The van der Waals surface area contributed by atoms with Gasteiger partial charge in [-0.05, 0) is 47.6 Å². The lowest BCUT2D eigenvalue weighted by atomic mass is 10.0. The van der Waals surface area contributed by atoms with Crippen molar-refractivity contribution < 1.29 is 4.79 Å². The van der Waals surface area contributed by atoms with Gasteiger partial charge in [-0.2, -0.15) is 0 Å². The number of nitrogens with one attached hydrogen (secondary N) is 1. The van der Waals surface area contributed by atoms with Crippen molar-refractivity contribution in [2.24, 2.45) is 11.7 Å². The van der Waals surface area contributed by atoms with E-state index in [9.17, 15) is 4.79 Å². The first-order valence-electron chi connectivity index (χ1n) is 5.94. The molecule has 0 aromatic heterocycles. The lowest BCUT2D eigenvalue weighted by molar-refractivity contribution is 0.0933. The molecular formula is C13H15IN2OS. The Morgan fingerprint density at radius 1 is 1.39 bits per heavy atom. The molecule has 1 aliphatic carbocycles. The second-order valence-electron chi connectivity index (χ2n) is 4.50. The average molecular weight is 374 g/mol. The predicted octanol–water partition coefficient (Wildman–Crippen LogP) is 2.48. The van der Waals surface area contributed by atoms with Crippen LogP contribution in [0.1, 0.15) is 29.6 Å². The molecule has 18 heavy (non-hydrogen) atoms. The van der Waals surface area contributed by atoms with Crippen molar-refractivity contribution in [2.75, 3.05) is 0 Å². The Balaban J connectivity index is 2.08. The van der Waals surface area contributed by atoms with Gasteiger partial charge in [-0.3, -0.25) is 4.79 Å². The summed E-state index contributed by atoms with van der Waals surface area (Å²) in [6, 6.07) is 7.64. The lowest BCUT2D eigenvalue weighted by Gasteiger charge is -2.20. The molecule has 3 N–H and O–H groups in total. The van der Waals surface area contributed by atoms with Crippen LogP contribution in [0, 0.1) is 9.49 Å². The molecule has 1 fully saturated rings. The van der Waals surface area contributed by atoms with E-state index < -0.39 is 0 Å². The Kier molecular flexibility index (Phi) is 4.55. The summed E-state index contributed by atoms with van der Waals surface area (Å²) >= 11 is 7.22. The van der Waals surface area contributed by atoms with Gasteiger partial charge in [-0.1, -0.05) is 30.8 Å². The van der Waals surface area contributed by atoms with Crippen molar-refractivity contribution in [3.8, 4) is 0 Å². The van der Waals surface area contributed by atoms with Crippen molar-refractivity contribution >= 4 is 45.7 Å². The molecule has 0 saturated heterocycles. The summed E-state index contributed by atoms with van der Waals surface area (Å²) in [4.78, 5) is 12.7. The Hall–Kier alpha value is -0.690. The maximum Gasteiger partial charge on any atom is 0.252 e. The van der Waals surface area contributed by atoms with Crippen molar-refractivity contribution in [2.45, 2.75) is 25.3 Å². The molecule has 1 amide bonds. The molecule has 1 aliphatic rings. The van der Waals surface area contributed by atoms with E-state index in [2.05, 4.69) is 27.9 Å². The van der Waals surface area contributed by atoms with Crippen LogP contribution in [0.15, 0.2) is 24.3 Å². The molecule has 2 unspecified atom stereocenters. The highest BCUT2D eigenvalue weighted by Crippen LogP contribution is 2.26. The molecule has 5 heteroatoms. The van der Waals surface area contributed by atoms with E-state index in [1.807, 2.05) is 24.3 Å². The zero-order valence-corrected chi connectivity index (χ0v) is 12.8. The molecule has 2 atom stereocenters. The molecule has 0 spiro atoms. The van der Waals surface area contributed by atoms with Crippen LogP contribution in [0.4, 0.5) is 0 Å². The van der Waals surface area contributed by atoms with Crippen LogP contribution in [0.2, 0.25) is 0 Å². The van der Waals surface area contributed by atoms with Gasteiger partial charge in [-0.25, -0.2) is 0 Å². The van der Waals surface area contributed by atoms with E-state index in [0.29, 0.717) is 10.6 Å². The summed E-state index contributed by atoms with van der Waals surface area (Å²) in [5, 5.41) is 3.06. The van der Waals surface area contributed by atoms with Gasteiger partial charge in [-0.15, -0.1) is 0 Å². The standard InChI is InChI=1S/C13H15IN2OS/c14-10-6-2-1-4-8(10)13(17)16-11-7-3-5-9(11)12(15)18/h1-2,4,6,9,11H,3,5,7H2,(H2,15,18)(H,16,17). The highest BCUT2D eigenvalue weighted by atomic mass is 127. The molecule has 1 aromatic carbocycles. The molecular weight excluding hydrogens is 359 g/mol. The summed E-state index contributed by atoms with van der Waals surface area (Å²) < 4.78 is 0.956. The largest absolute Gasteiger partial charge is 0.393 e. The predicted molar refractivity (Wildman–Crippen MR) is 84.5 cm³/mol. The fourth-order valence-electron chi connectivity index (χ4n) is 2.36. The smallest absolute Gasteiger partial charge is 0.252 e. The molecule has 1 aromatic rings. The van der Waals surface area contributed by atoms with E-state index in [0.717, 1.165) is 22.8 Å². The number of hydrogen-bond donors (Lipinski definition) is 2. The number of rotatable bonds is 3. The molecule has 96 valence electrons. The van der Waals surface area contributed by atoms with E-state index in [1.54, 1.807) is 0 Å². The normalized spacial score (nSPS) is 22.7. The Morgan fingerprint density at radius 2 is 2.11 bits per heavy atom. The van der Waals surface area contributed by atoms with Gasteiger partial charge < -0.3 is 11.1 Å². The lowest BCUT2D eigenvalue weighted by Crippen LogP contribution is -2.41. The molecule has 1 saturated carbocycles. The van der Waals surface area contributed by atoms with Crippen LogP contribution in [0.3, 0.4) is 0 Å². The van der Waals surface area contributed by atoms with Crippen molar-refractivity contribution in [1.82, 2.24) is 5.32 Å². The van der Waals surface area contributed by atoms with Crippen LogP contribution >= 0.6 is 34.8 Å². The van der Waals surface area contributed by atoms with Crippen LogP contribution in [0.5, 0.6) is 0 Å². The minimum Gasteiger partial charge on any atom is -0.393 e. The Morgan fingerprint density at radius 3 is 2.78 bits per heavy atom. The van der Waals surface area contributed by atoms with Gasteiger partial charge in [0.1, 0.15) is 0 Å². The van der Waals surface area contributed by atoms with Crippen LogP contribution in [-0.4, -0.2) is 16.9 Å². The highest BCUT2D eigenvalue weighted by molar-refractivity contribution is 14.1. The number of carbonyl (C=O) groups excluding carboxylic acids is 1. The van der Waals surface area contributed by atoms with Crippen LogP contribution in [0.25, 0.3) is 0 Å². The first-order valence-corrected chi connectivity index (χ1v) is 7.43. The first kappa shape index (κ1) is 13.7. The van der Waals surface area contributed by atoms with Gasteiger partial charge in [0, 0.05) is 15.5 Å². The number of thiocarbonyl (C=S) groups is 1. The number of hydrogen-bond acceptors (Lipinski definition) is 2. The van der Waals surface area contributed by atoms with Crippen molar-refractivity contribution in [3.05, 3.63) is 33.4 Å². The van der Waals surface area contributed by atoms with Crippen LogP contribution in [-0.2, 0) is 0 Å². The fraction of sp³-hybridized carbons (Fsp3) is 0.385. The van der Waals surface area contributed by atoms with E-state index in [-0.39, 0.29) is 17.9 Å². The first-order chi connectivity index (χ1) is 8.59. The van der Waals surface area contributed by atoms with Gasteiger partial charge in [0.2, 0.25) is 0 Å². The van der Waals surface area contributed by atoms with Crippen LogP contribution < -0.4 is 11.1 Å². The summed E-state index contributed by atoms with van der Waals surface area (Å²) in [5.74, 6) is 0.110. The zero-order chi connectivity index (χ0) is 13.1. The molecule has 0 radical (unpaired) electrons. The number of benzene rings is 1. The third-order valence-corrected chi connectivity index (χ3v) is 4.56. The molecule has 2 rings (SSSR count). The number of halogens is 1. The van der Waals surface area contributed by atoms with Gasteiger partial charge in [0.25, 0.3) is 5.91 Å². The second kappa shape index (κ2) is 5.97. The Bertz CT molecular complexity index is 478. The van der Waals surface area contributed by atoms with E-state index >= 15 is 0 Å². The number of amides is 1. The number of nitrogens with two attached hydrogens (primary N) is 1.